The molecule has 2 unspecified atom stereocenters. The number of carbonyl (C=O) groups is 1. The fourth-order valence-corrected chi connectivity index (χ4v) is 2.63. The van der Waals surface area contributed by atoms with E-state index in [0.29, 0.717) is 0 Å². The lowest BCUT2D eigenvalue weighted by Gasteiger charge is -2.24. The number of methoxy groups -OCH3 is 1. The van der Waals surface area contributed by atoms with E-state index in [1.165, 1.54) is 7.11 Å². The smallest absolute Gasteiger partial charge is 0.313 e. The maximum Gasteiger partial charge on any atom is 0.313 e. The molecule has 1 aliphatic rings. The molecule has 2 atom stereocenters. The van der Waals surface area contributed by atoms with Gasteiger partial charge in [0.25, 0.3) is 0 Å². The van der Waals surface area contributed by atoms with E-state index < -0.39 is 0 Å². The molecular formula is C17H24O4. The molecule has 0 aliphatic carbocycles. The second kappa shape index (κ2) is 7.46. The predicted molar refractivity (Wildman–Crippen MR) is 80.3 cm³/mol. The van der Waals surface area contributed by atoms with Gasteiger partial charge in [-0.15, -0.1) is 0 Å². The molecule has 21 heavy (non-hydrogen) atoms. The highest BCUT2D eigenvalue weighted by Gasteiger charge is 2.25. The van der Waals surface area contributed by atoms with Crippen molar-refractivity contribution in [1.82, 2.24) is 0 Å². The molecule has 1 aromatic carbocycles. The van der Waals surface area contributed by atoms with Gasteiger partial charge in [-0.1, -0.05) is 26.0 Å². The summed E-state index contributed by atoms with van der Waals surface area (Å²) in [6.07, 6.45) is 3.03. The zero-order valence-electron chi connectivity index (χ0n) is 13.0. The molecule has 4 heteroatoms. The zero-order valence-corrected chi connectivity index (χ0v) is 13.0. The van der Waals surface area contributed by atoms with Gasteiger partial charge in [0.2, 0.25) is 0 Å². The molecule has 0 saturated carbocycles. The van der Waals surface area contributed by atoms with E-state index in [-0.39, 0.29) is 24.1 Å². The number of esters is 1. The number of rotatable bonds is 5. The predicted octanol–water partition coefficient (Wildman–Crippen LogP) is 3.50. The molecule has 0 aromatic heterocycles. The molecule has 1 fully saturated rings. The lowest BCUT2D eigenvalue weighted by atomic mass is 9.88. The monoisotopic (exact) mass is 292 g/mol. The Bertz CT molecular complexity index is 446. The molecule has 2 rings (SSSR count). The lowest BCUT2D eigenvalue weighted by Crippen LogP contribution is -2.25. The quantitative estimate of drug-likeness (QED) is 0.779. The molecule has 1 saturated heterocycles. The molecule has 116 valence electrons. The second-order valence-corrected chi connectivity index (χ2v) is 5.73. The average Bonchev–Trinajstić information content (AvgIpc) is 2.49. The summed E-state index contributed by atoms with van der Waals surface area (Å²) >= 11 is 0. The Morgan fingerprint density at radius 2 is 1.95 bits per heavy atom. The average molecular weight is 292 g/mol. The SMILES string of the molecule is COC(=O)C(c1ccc(OC2CCCCO2)cc1)C(C)C. The summed E-state index contributed by atoms with van der Waals surface area (Å²) in [6.45, 7) is 4.80. The van der Waals surface area contributed by atoms with Gasteiger partial charge in [0.05, 0.1) is 19.6 Å². The van der Waals surface area contributed by atoms with Gasteiger partial charge in [0.15, 0.2) is 6.29 Å². The van der Waals surface area contributed by atoms with Crippen molar-refractivity contribution in [2.75, 3.05) is 13.7 Å². The lowest BCUT2D eigenvalue weighted by molar-refractivity contribution is -0.143. The largest absolute Gasteiger partial charge is 0.469 e. The van der Waals surface area contributed by atoms with Gasteiger partial charge >= 0.3 is 5.97 Å². The number of hydrogen-bond donors (Lipinski definition) is 0. The minimum Gasteiger partial charge on any atom is -0.469 e. The van der Waals surface area contributed by atoms with Crippen LogP contribution in [-0.2, 0) is 14.3 Å². The van der Waals surface area contributed by atoms with Gasteiger partial charge in [0.1, 0.15) is 5.75 Å². The van der Waals surface area contributed by atoms with E-state index in [1.807, 2.05) is 38.1 Å². The first-order valence-corrected chi connectivity index (χ1v) is 7.58. The molecule has 0 bridgehead atoms. The Hall–Kier alpha value is -1.55. The highest BCUT2D eigenvalue weighted by atomic mass is 16.7. The maximum absolute atomic E-state index is 11.9. The van der Waals surface area contributed by atoms with E-state index in [4.69, 9.17) is 14.2 Å². The third kappa shape index (κ3) is 4.21. The van der Waals surface area contributed by atoms with E-state index in [9.17, 15) is 4.79 Å². The highest BCUT2D eigenvalue weighted by Crippen LogP contribution is 2.28. The van der Waals surface area contributed by atoms with E-state index >= 15 is 0 Å². The van der Waals surface area contributed by atoms with Crippen LogP contribution in [0.3, 0.4) is 0 Å². The van der Waals surface area contributed by atoms with Crippen LogP contribution in [-0.4, -0.2) is 26.0 Å². The van der Waals surface area contributed by atoms with Crippen molar-refractivity contribution in [1.29, 1.82) is 0 Å². The van der Waals surface area contributed by atoms with Gasteiger partial charge in [-0.25, -0.2) is 0 Å². The highest BCUT2D eigenvalue weighted by molar-refractivity contribution is 5.78. The van der Waals surface area contributed by atoms with Crippen LogP contribution in [0.5, 0.6) is 5.75 Å². The first kappa shape index (κ1) is 15.8. The Labute approximate surface area is 126 Å². The second-order valence-electron chi connectivity index (χ2n) is 5.73. The van der Waals surface area contributed by atoms with Gasteiger partial charge in [-0.2, -0.15) is 0 Å². The Morgan fingerprint density at radius 1 is 1.24 bits per heavy atom. The molecule has 0 radical (unpaired) electrons. The first-order chi connectivity index (χ1) is 10.1. The summed E-state index contributed by atoms with van der Waals surface area (Å²) in [5, 5.41) is 0. The van der Waals surface area contributed by atoms with Crippen LogP contribution in [0.2, 0.25) is 0 Å². The van der Waals surface area contributed by atoms with Crippen LogP contribution >= 0.6 is 0 Å². The van der Waals surface area contributed by atoms with Crippen molar-refractivity contribution < 1.29 is 19.0 Å². The van der Waals surface area contributed by atoms with Gasteiger partial charge in [-0.05, 0) is 36.5 Å². The summed E-state index contributed by atoms with van der Waals surface area (Å²) < 4.78 is 16.2. The molecule has 0 spiro atoms. The third-order valence-electron chi connectivity index (χ3n) is 3.77. The summed E-state index contributed by atoms with van der Waals surface area (Å²) in [6, 6.07) is 7.65. The number of benzene rings is 1. The molecular weight excluding hydrogens is 268 g/mol. The van der Waals surface area contributed by atoms with Crippen molar-refractivity contribution in [2.24, 2.45) is 5.92 Å². The minimum atomic E-state index is -0.241. The topological polar surface area (TPSA) is 44.8 Å². The molecule has 4 nitrogen and oxygen atoms in total. The summed E-state index contributed by atoms with van der Waals surface area (Å²) in [5.41, 5.74) is 0.953. The Kier molecular flexibility index (Phi) is 5.62. The Balaban J connectivity index is 2.04. The van der Waals surface area contributed by atoms with Gasteiger partial charge in [-0.3, -0.25) is 4.79 Å². The fraction of sp³-hybridized carbons (Fsp3) is 0.588. The summed E-state index contributed by atoms with van der Waals surface area (Å²) in [4.78, 5) is 11.9. The normalized spacial score (nSPS) is 20.1. The van der Waals surface area contributed by atoms with Crippen LogP contribution in [0.1, 0.15) is 44.6 Å². The zero-order chi connectivity index (χ0) is 15.2. The minimum absolute atomic E-state index is 0.147. The standard InChI is InChI=1S/C17H24O4/c1-12(2)16(17(18)19-3)13-7-9-14(10-8-13)21-15-6-4-5-11-20-15/h7-10,12,15-16H,4-6,11H2,1-3H3. The Morgan fingerprint density at radius 3 is 2.48 bits per heavy atom. The number of carbonyl (C=O) groups excluding carboxylic acids is 1. The van der Waals surface area contributed by atoms with Gasteiger partial charge in [0, 0.05) is 6.42 Å². The van der Waals surface area contributed by atoms with E-state index in [2.05, 4.69) is 0 Å². The van der Waals surface area contributed by atoms with Crippen LogP contribution in [0, 0.1) is 5.92 Å². The fourth-order valence-electron chi connectivity index (χ4n) is 2.63. The van der Waals surface area contributed by atoms with Crippen LogP contribution in [0.4, 0.5) is 0 Å². The van der Waals surface area contributed by atoms with E-state index in [1.54, 1.807) is 0 Å². The number of ether oxygens (including phenoxy) is 3. The van der Waals surface area contributed by atoms with Crippen LogP contribution in [0.15, 0.2) is 24.3 Å². The maximum atomic E-state index is 11.9. The van der Waals surface area contributed by atoms with Crippen molar-refractivity contribution in [2.45, 2.75) is 45.3 Å². The first-order valence-electron chi connectivity index (χ1n) is 7.58. The van der Waals surface area contributed by atoms with Crippen LogP contribution < -0.4 is 4.74 Å². The van der Waals surface area contributed by atoms with Crippen LogP contribution in [0.25, 0.3) is 0 Å². The van der Waals surface area contributed by atoms with Crippen molar-refractivity contribution in [3.63, 3.8) is 0 Å². The van der Waals surface area contributed by atoms with Crippen molar-refractivity contribution in [3.8, 4) is 5.75 Å². The third-order valence-corrected chi connectivity index (χ3v) is 3.77. The molecule has 1 aliphatic heterocycles. The van der Waals surface area contributed by atoms with Crippen molar-refractivity contribution >= 4 is 5.97 Å². The molecule has 1 aromatic rings. The molecule has 0 N–H and O–H groups in total. The molecule has 0 amide bonds. The van der Waals surface area contributed by atoms with Crippen molar-refractivity contribution in [3.05, 3.63) is 29.8 Å². The summed E-state index contributed by atoms with van der Waals surface area (Å²) in [5.74, 6) is 0.521. The number of hydrogen-bond acceptors (Lipinski definition) is 4. The van der Waals surface area contributed by atoms with Gasteiger partial charge < -0.3 is 14.2 Å². The summed E-state index contributed by atoms with van der Waals surface area (Å²) in [7, 11) is 1.43. The molecule has 1 heterocycles. The van der Waals surface area contributed by atoms with E-state index in [0.717, 1.165) is 37.2 Å².